The fraction of sp³-hybridized carbons (Fsp3) is 0.750. The molecule has 84 valence electrons. The third-order valence-electron chi connectivity index (χ3n) is 0.784. The van der Waals surface area contributed by atoms with Crippen molar-refractivity contribution in [1.29, 1.82) is 5.41 Å². The van der Waals surface area contributed by atoms with E-state index >= 15 is 0 Å². The summed E-state index contributed by atoms with van der Waals surface area (Å²) in [5.41, 5.74) is 4.93. The average molecular weight is 205 g/mol. The molecule has 0 bridgehead atoms. The van der Waals surface area contributed by atoms with Gasteiger partial charge in [0.15, 0.2) is 5.96 Å². The van der Waals surface area contributed by atoms with Crippen LogP contribution in [0, 0.1) is 5.41 Å². The Balaban J connectivity index is 0. The first-order valence-electron chi connectivity index (χ1n) is 4.10. The van der Waals surface area contributed by atoms with Crippen LogP contribution < -0.4 is 5.73 Å². The molecule has 0 atom stereocenters. The number of carboxylic acids is 1. The third-order valence-corrected chi connectivity index (χ3v) is 0.784. The largest absolute Gasteiger partial charge is 0.480 e. The quantitative estimate of drug-likeness (QED) is 0.313. The second kappa shape index (κ2) is 6.20. The van der Waals surface area contributed by atoms with Crippen molar-refractivity contribution in [3.8, 4) is 0 Å². The Labute approximate surface area is 85.0 Å². The molecule has 0 saturated heterocycles. The number of quaternary nitrogens is 1. The van der Waals surface area contributed by atoms with E-state index in [2.05, 4.69) is 28.2 Å². The lowest BCUT2D eigenvalue weighted by atomic mass is 10.6. The maximum atomic E-state index is 9.92. The second-order valence-corrected chi connectivity index (χ2v) is 4.32. The summed E-state index contributed by atoms with van der Waals surface area (Å²) in [4.78, 5) is 11.0. The summed E-state index contributed by atoms with van der Waals surface area (Å²) in [5.74, 6) is -1.23. The van der Waals surface area contributed by atoms with Gasteiger partial charge in [0.1, 0.15) is 6.54 Å². The second-order valence-electron chi connectivity index (χ2n) is 4.32. The fourth-order valence-electron chi connectivity index (χ4n) is 0.288. The zero-order valence-corrected chi connectivity index (χ0v) is 9.53. The number of guanidine groups is 1. The SMILES string of the molecule is CN(CC(=O)O)C(=N)N.C[N+](C)(C)C. The van der Waals surface area contributed by atoms with Crippen molar-refractivity contribution in [1.82, 2.24) is 4.90 Å². The van der Waals surface area contributed by atoms with E-state index in [9.17, 15) is 4.79 Å². The lowest BCUT2D eigenvalue weighted by Crippen LogP contribution is -2.36. The highest BCUT2D eigenvalue weighted by molar-refractivity contribution is 5.79. The molecule has 4 N–H and O–H groups in total. The van der Waals surface area contributed by atoms with Gasteiger partial charge in [-0.3, -0.25) is 10.2 Å². The van der Waals surface area contributed by atoms with Crippen molar-refractivity contribution >= 4 is 11.9 Å². The number of nitrogens with one attached hydrogen (secondary N) is 1. The topological polar surface area (TPSA) is 90.4 Å². The van der Waals surface area contributed by atoms with Crippen LogP contribution in [0.3, 0.4) is 0 Å². The number of likely N-dealkylation sites (N-methyl/N-ethyl adjacent to an activating group) is 1. The maximum absolute atomic E-state index is 9.92. The van der Waals surface area contributed by atoms with Crippen molar-refractivity contribution in [2.75, 3.05) is 41.8 Å². The summed E-state index contributed by atoms with van der Waals surface area (Å²) in [5, 5.41) is 14.9. The molecule has 0 aromatic heterocycles. The molecular formula is C8H21N4O2+. The Bertz CT molecular complexity index is 192. The van der Waals surface area contributed by atoms with Crippen molar-refractivity contribution in [3.05, 3.63) is 0 Å². The van der Waals surface area contributed by atoms with Crippen molar-refractivity contribution in [2.45, 2.75) is 0 Å². The summed E-state index contributed by atoms with van der Waals surface area (Å²) in [6.07, 6.45) is 0. The first-order valence-corrected chi connectivity index (χ1v) is 4.10. The Hall–Kier alpha value is -1.30. The lowest BCUT2D eigenvalue weighted by molar-refractivity contribution is -0.849. The van der Waals surface area contributed by atoms with E-state index in [1.807, 2.05) is 0 Å². The van der Waals surface area contributed by atoms with E-state index < -0.39 is 5.97 Å². The molecule has 6 nitrogen and oxygen atoms in total. The first kappa shape index (κ1) is 15.2. The fourth-order valence-corrected chi connectivity index (χ4v) is 0.288. The van der Waals surface area contributed by atoms with Gasteiger partial charge < -0.3 is 20.2 Å². The van der Waals surface area contributed by atoms with Crippen LogP contribution in [0.25, 0.3) is 0 Å². The van der Waals surface area contributed by atoms with Gasteiger partial charge in [-0.15, -0.1) is 0 Å². The normalized spacial score (nSPS) is 9.79. The number of aliphatic carboxylic acids is 1. The molecule has 0 aromatic carbocycles. The van der Waals surface area contributed by atoms with E-state index in [1.165, 1.54) is 7.05 Å². The van der Waals surface area contributed by atoms with Crippen molar-refractivity contribution in [3.63, 3.8) is 0 Å². The number of rotatable bonds is 2. The van der Waals surface area contributed by atoms with E-state index in [0.717, 1.165) is 9.38 Å². The Morgan fingerprint density at radius 1 is 1.43 bits per heavy atom. The van der Waals surface area contributed by atoms with Crippen LogP contribution in [-0.2, 0) is 4.79 Å². The Kier molecular flexibility index (Phi) is 6.72. The first-order chi connectivity index (χ1) is 6.04. The minimum atomic E-state index is -0.993. The predicted molar refractivity (Wildman–Crippen MR) is 56.1 cm³/mol. The number of hydrogen-bond acceptors (Lipinski definition) is 2. The zero-order chi connectivity index (χ0) is 11.9. The molecule has 0 saturated carbocycles. The molecule has 0 aliphatic rings. The third kappa shape index (κ3) is 22.4. The van der Waals surface area contributed by atoms with Crippen molar-refractivity contribution < 1.29 is 14.4 Å². The van der Waals surface area contributed by atoms with Crippen LogP contribution in [0.4, 0.5) is 0 Å². The van der Waals surface area contributed by atoms with Crippen LogP contribution in [0.2, 0.25) is 0 Å². The molecule has 0 fully saturated rings. The van der Waals surface area contributed by atoms with Crippen LogP contribution in [-0.4, -0.2) is 68.2 Å². The van der Waals surface area contributed by atoms with Crippen LogP contribution in [0.15, 0.2) is 0 Å². The van der Waals surface area contributed by atoms with Crippen LogP contribution in [0.1, 0.15) is 0 Å². The standard InChI is InChI=1S/C4H9N3O2.C4H12N/c1-7(4(5)6)2-3(8)9;1-5(2,3)4/h2H2,1H3,(H3,5,6)(H,8,9);1-4H3/q;+1. The number of nitrogens with zero attached hydrogens (tertiary/aromatic N) is 2. The van der Waals surface area contributed by atoms with E-state index in [-0.39, 0.29) is 12.5 Å². The summed E-state index contributed by atoms with van der Waals surface area (Å²) in [7, 11) is 9.94. The van der Waals surface area contributed by atoms with Gasteiger partial charge in [-0.25, -0.2) is 0 Å². The molecule has 6 heteroatoms. The minimum absolute atomic E-state index is 0.227. The molecule has 0 radical (unpaired) electrons. The zero-order valence-electron chi connectivity index (χ0n) is 9.53. The Morgan fingerprint density at radius 2 is 1.71 bits per heavy atom. The van der Waals surface area contributed by atoms with E-state index in [0.29, 0.717) is 0 Å². The molecule has 0 unspecified atom stereocenters. The molecule has 0 rings (SSSR count). The molecule has 0 aromatic rings. The average Bonchev–Trinajstić information content (AvgIpc) is 1.80. The molecule has 0 amide bonds. The maximum Gasteiger partial charge on any atom is 0.323 e. The van der Waals surface area contributed by atoms with Crippen LogP contribution >= 0.6 is 0 Å². The molecule has 0 heterocycles. The summed E-state index contributed by atoms with van der Waals surface area (Å²) in [6, 6.07) is 0. The lowest BCUT2D eigenvalue weighted by Gasteiger charge is -2.14. The minimum Gasteiger partial charge on any atom is -0.480 e. The van der Waals surface area contributed by atoms with E-state index in [4.69, 9.17) is 16.2 Å². The summed E-state index contributed by atoms with van der Waals surface area (Å²) < 4.78 is 1.00. The summed E-state index contributed by atoms with van der Waals surface area (Å²) >= 11 is 0. The van der Waals surface area contributed by atoms with Gasteiger partial charge in [0.2, 0.25) is 0 Å². The number of carboxylic acid groups (broad SMARTS) is 1. The highest BCUT2D eigenvalue weighted by atomic mass is 16.4. The Morgan fingerprint density at radius 3 is 1.79 bits per heavy atom. The van der Waals surface area contributed by atoms with Gasteiger partial charge >= 0.3 is 5.97 Å². The summed E-state index contributed by atoms with van der Waals surface area (Å²) in [6.45, 7) is -0.227. The number of carbonyl (C=O) groups is 1. The molecule has 14 heavy (non-hydrogen) atoms. The molecule has 0 aliphatic heterocycles. The van der Waals surface area contributed by atoms with Gasteiger partial charge in [-0.1, -0.05) is 0 Å². The number of hydrogen-bond donors (Lipinski definition) is 3. The molecule has 0 aliphatic carbocycles. The van der Waals surface area contributed by atoms with Gasteiger partial charge in [0.25, 0.3) is 0 Å². The predicted octanol–water partition coefficient (Wildman–Crippen LogP) is -0.781. The number of nitrogens with two attached hydrogens (primary N) is 1. The van der Waals surface area contributed by atoms with Gasteiger partial charge in [-0.05, 0) is 0 Å². The van der Waals surface area contributed by atoms with Crippen molar-refractivity contribution in [2.24, 2.45) is 5.73 Å². The highest BCUT2D eigenvalue weighted by Gasteiger charge is 2.03. The smallest absolute Gasteiger partial charge is 0.323 e. The van der Waals surface area contributed by atoms with E-state index in [1.54, 1.807) is 0 Å². The van der Waals surface area contributed by atoms with Gasteiger partial charge in [0.05, 0.1) is 28.2 Å². The highest BCUT2D eigenvalue weighted by Crippen LogP contribution is 1.76. The van der Waals surface area contributed by atoms with Gasteiger partial charge in [-0.2, -0.15) is 0 Å². The molecule has 0 spiro atoms. The van der Waals surface area contributed by atoms with Crippen LogP contribution in [0.5, 0.6) is 0 Å². The van der Waals surface area contributed by atoms with Gasteiger partial charge in [0, 0.05) is 7.05 Å². The monoisotopic (exact) mass is 205 g/mol. The molecular weight excluding hydrogens is 184 g/mol.